The molecule has 1 aromatic heterocycles. The van der Waals surface area contributed by atoms with Gasteiger partial charge in [0.1, 0.15) is 11.5 Å². The number of carbonyl (C=O) groups excluding carboxylic acids is 1. The van der Waals surface area contributed by atoms with Gasteiger partial charge in [0.05, 0.1) is 5.54 Å². The van der Waals surface area contributed by atoms with Crippen LogP contribution in [0.2, 0.25) is 10.0 Å². The first-order chi connectivity index (χ1) is 15.9. The molecule has 170 valence electrons. The molecule has 0 bridgehead atoms. The molecule has 0 radical (unpaired) electrons. The van der Waals surface area contributed by atoms with Gasteiger partial charge in [-0.05, 0) is 79.9 Å². The largest absolute Gasteiger partial charge is 0.416 e. The van der Waals surface area contributed by atoms with Crippen LogP contribution in [0.4, 0.5) is 4.79 Å². The summed E-state index contributed by atoms with van der Waals surface area (Å²) in [5, 5.41) is 2.34. The average molecular weight is 484 g/mol. The van der Waals surface area contributed by atoms with E-state index in [1.54, 1.807) is 29.2 Å². The standard InChI is InChI=1S/C25H23Cl2N3O3/c1-25(15-2-7-19(33-28)8-3-15)23-20(21-14-17(27)6-11-22(21)29-23)12-13-30(25)24(31)32-18-9-4-16(26)5-10-18/h2,4-11,14-15,29H,3,12-13,28H2,1H3. The van der Waals surface area contributed by atoms with E-state index < -0.39 is 11.6 Å². The minimum absolute atomic E-state index is 0.0308. The highest BCUT2D eigenvalue weighted by molar-refractivity contribution is 6.31. The number of benzene rings is 2. The molecule has 6 nitrogen and oxygen atoms in total. The summed E-state index contributed by atoms with van der Waals surface area (Å²) in [5.41, 5.74) is 2.45. The number of halogens is 2. The van der Waals surface area contributed by atoms with Crippen molar-refractivity contribution >= 4 is 40.2 Å². The number of allylic oxidation sites excluding steroid dienone is 2. The van der Waals surface area contributed by atoms with Crippen molar-refractivity contribution < 1.29 is 14.4 Å². The summed E-state index contributed by atoms with van der Waals surface area (Å²) in [4.78, 5) is 23.7. The quantitative estimate of drug-likeness (QED) is 0.441. The van der Waals surface area contributed by atoms with E-state index in [0.717, 1.165) is 16.6 Å². The van der Waals surface area contributed by atoms with E-state index in [4.69, 9.17) is 38.7 Å². The van der Waals surface area contributed by atoms with Gasteiger partial charge < -0.3 is 14.6 Å². The molecule has 2 unspecified atom stereocenters. The second-order valence-corrected chi connectivity index (χ2v) is 9.34. The van der Waals surface area contributed by atoms with Gasteiger partial charge in [-0.2, -0.15) is 5.90 Å². The number of nitrogens with two attached hydrogens (primary N) is 1. The maximum atomic E-state index is 13.5. The molecule has 5 rings (SSSR count). The fourth-order valence-electron chi connectivity index (χ4n) is 4.93. The van der Waals surface area contributed by atoms with Gasteiger partial charge in [0.15, 0.2) is 0 Å². The van der Waals surface area contributed by atoms with Gasteiger partial charge in [0, 0.05) is 39.1 Å². The monoisotopic (exact) mass is 483 g/mol. The average Bonchev–Trinajstić information content (AvgIpc) is 3.20. The zero-order valence-corrected chi connectivity index (χ0v) is 19.5. The third-order valence-corrected chi connectivity index (χ3v) is 7.17. The Morgan fingerprint density at radius 2 is 1.94 bits per heavy atom. The van der Waals surface area contributed by atoms with Crippen molar-refractivity contribution in [2.45, 2.75) is 25.3 Å². The van der Waals surface area contributed by atoms with E-state index in [-0.39, 0.29) is 5.92 Å². The molecule has 2 heterocycles. The van der Waals surface area contributed by atoms with Crippen LogP contribution in [0.25, 0.3) is 10.9 Å². The van der Waals surface area contributed by atoms with E-state index in [1.165, 1.54) is 5.56 Å². The predicted molar refractivity (Wildman–Crippen MR) is 129 cm³/mol. The predicted octanol–water partition coefficient (Wildman–Crippen LogP) is 6.10. The lowest BCUT2D eigenvalue weighted by atomic mass is 9.74. The molecule has 0 saturated heterocycles. The summed E-state index contributed by atoms with van der Waals surface area (Å²) in [6.07, 6.45) is 6.74. The second kappa shape index (κ2) is 8.45. The first kappa shape index (κ1) is 21.9. The van der Waals surface area contributed by atoms with E-state index in [2.05, 4.69) is 11.9 Å². The van der Waals surface area contributed by atoms with Crippen molar-refractivity contribution in [1.82, 2.24) is 9.88 Å². The van der Waals surface area contributed by atoms with Crippen LogP contribution in [0.1, 0.15) is 24.6 Å². The maximum Gasteiger partial charge on any atom is 0.416 e. The summed E-state index contributed by atoms with van der Waals surface area (Å²) < 4.78 is 5.75. The fraction of sp³-hybridized carbons (Fsp3) is 0.240. The molecule has 2 aromatic carbocycles. The summed E-state index contributed by atoms with van der Waals surface area (Å²) in [6.45, 7) is 2.58. The minimum atomic E-state index is -0.699. The molecule has 8 heteroatoms. The molecular weight excluding hydrogens is 461 g/mol. The van der Waals surface area contributed by atoms with Gasteiger partial charge in [0.2, 0.25) is 0 Å². The molecular formula is C25H23Cl2N3O3. The number of nitrogens with one attached hydrogen (secondary N) is 1. The van der Waals surface area contributed by atoms with Gasteiger partial charge in [-0.3, -0.25) is 4.90 Å². The molecule has 1 aliphatic heterocycles. The Balaban J connectivity index is 1.58. The molecule has 3 N–H and O–H groups in total. The smallest absolute Gasteiger partial charge is 0.412 e. The number of nitrogens with zero attached hydrogens (tertiary/aromatic N) is 1. The van der Waals surface area contributed by atoms with Crippen LogP contribution < -0.4 is 10.6 Å². The Hall–Kier alpha value is -2.93. The summed E-state index contributed by atoms with van der Waals surface area (Å²) >= 11 is 12.3. The number of rotatable bonds is 3. The van der Waals surface area contributed by atoms with Crippen LogP contribution in [-0.2, 0) is 16.8 Å². The topological polar surface area (TPSA) is 80.6 Å². The molecule has 2 atom stereocenters. The van der Waals surface area contributed by atoms with Gasteiger partial charge in [-0.25, -0.2) is 4.79 Å². The SMILES string of the molecule is CC1(C2C=CC(ON)=CC2)c2[nH]c3ccc(Cl)cc3c2CCN1C(=O)Oc1ccc(Cl)cc1. The van der Waals surface area contributed by atoms with Crippen LogP contribution in [0, 0.1) is 5.92 Å². The third-order valence-electron chi connectivity index (χ3n) is 6.68. The Morgan fingerprint density at radius 3 is 2.64 bits per heavy atom. The van der Waals surface area contributed by atoms with Crippen LogP contribution in [-0.4, -0.2) is 22.5 Å². The number of ether oxygens (including phenoxy) is 1. The van der Waals surface area contributed by atoms with Gasteiger partial charge in [0.25, 0.3) is 0 Å². The number of hydrogen-bond acceptors (Lipinski definition) is 4. The van der Waals surface area contributed by atoms with Crippen LogP contribution in [0.15, 0.2) is 66.5 Å². The molecule has 1 amide bonds. The number of hydrogen-bond donors (Lipinski definition) is 2. The van der Waals surface area contributed by atoms with Gasteiger partial charge in [-0.1, -0.05) is 29.3 Å². The molecule has 2 aliphatic rings. The number of aromatic nitrogens is 1. The van der Waals surface area contributed by atoms with E-state index in [1.807, 2.05) is 36.4 Å². The van der Waals surface area contributed by atoms with E-state index >= 15 is 0 Å². The zero-order chi connectivity index (χ0) is 23.2. The fourth-order valence-corrected chi connectivity index (χ4v) is 5.23. The highest BCUT2D eigenvalue weighted by Gasteiger charge is 2.48. The highest BCUT2D eigenvalue weighted by Crippen LogP contribution is 2.46. The number of carbonyl (C=O) groups is 1. The van der Waals surface area contributed by atoms with Crippen molar-refractivity contribution in [1.29, 1.82) is 0 Å². The van der Waals surface area contributed by atoms with Crippen molar-refractivity contribution in [3.05, 3.63) is 87.8 Å². The van der Waals surface area contributed by atoms with Crippen molar-refractivity contribution in [2.24, 2.45) is 11.8 Å². The summed E-state index contributed by atoms with van der Waals surface area (Å²) in [6, 6.07) is 12.6. The number of fused-ring (bicyclic) bond motifs is 3. The molecule has 0 saturated carbocycles. The Morgan fingerprint density at radius 1 is 1.18 bits per heavy atom. The Bertz CT molecular complexity index is 1280. The summed E-state index contributed by atoms with van der Waals surface area (Å²) in [7, 11) is 0. The normalized spacial score (nSPS) is 22.1. The van der Waals surface area contributed by atoms with E-state index in [0.29, 0.717) is 40.9 Å². The van der Waals surface area contributed by atoms with Crippen LogP contribution in [0.5, 0.6) is 5.75 Å². The number of amides is 1. The Labute approximate surface area is 201 Å². The highest BCUT2D eigenvalue weighted by atomic mass is 35.5. The van der Waals surface area contributed by atoms with E-state index in [9.17, 15) is 4.79 Å². The number of H-pyrrole nitrogens is 1. The molecule has 3 aromatic rings. The molecule has 33 heavy (non-hydrogen) atoms. The zero-order valence-electron chi connectivity index (χ0n) is 18.0. The summed E-state index contributed by atoms with van der Waals surface area (Å²) in [5.74, 6) is 6.36. The lowest BCUT2D eigenvalue weighted by Crippen LogP contribution is -2.56. The maximum absolute atomic E-state index is 13.5. The molecule has 0 fully saturated rings. The van der Waals surface area contributed by atoms with Gasteiger partial charge >= 0.3 is 6.09 Å². The third kappa shape index (κ3) is 3.78. The van der Waals surface area contributed by atoms with Crippen LogP contribution >= 0.6 is 23.2 Å². The van der Waals surface area contributed by atoms with Crippen molar-refractivity contribution in [3.8, 4) is 5.75 Å². The molecule has 0 spiro atoms. The number of aromatic amines is 1. The Kier molecular flexibility index (Phi) is 5.60. The van der Waals surface area contributed by atoms with Crippen molar-refractivity contribution in [3.63, 3.8) is 0 Å². The first-order valence-corrected chi connectivity index (χ1v) is 11.5. The first-order valence-electron chi connectivity index (χ1n) is 10.7. The lowest BCUT2D eigenvalue weighted by molar-refractivity contribution is 0.0517. The van der Waals surface area contributed by atoms with Crippen LogP contribution in [0.3, 0.4) is 0 Å². The van der Waals surface area contributed by atoms with Crippen molar-refractivity contribution in [2.75, 3.05) is 6.54 Å². The second-order valence-electron chi connectivity index (χ2n) is 8.47. The minimum Gasteiger partial charge on any atom is -0.412 e. The van der Waals surface area contributed by atoms with Gasteiger partial charge in [-0.15, -0.1) is 0 Å². The lowest BCUT2D eigenvalue weighted by Gasteiger charge is -2.48. The molecule has 1 aliphatic carbocycles.